The summed E-state index contributed by atoms with van der Waals surface area (Å²) < 4.78 is 18.6. The molecule has 1 aromatic rings. The van der Waals surface area contributed by atoms with Crippen molar-refractivity contribution in [3.63, 3.8) is 0 Å². The molecule has 0 spiro atoms. The van der Waals surface area contributed by atoms with Crippen molar-refractivity contribution in [1.29, 1.82) is 0 Å². The van der Waals surface area contributed by atoms with Gasteiger partial charge in [-0.2, -0.15) is 0 Å². The summed E-state index contributed by atoms with van der Waals surface area (Å²) in [6.45, 7) is 7.79. The topological polar surface area (TPSA) is 41.6 Å². The first-order valence-corrected chi connectivity index (χ1v) is 8.29. The monoisotopic (exact) mass is 322 g/mol. The average Bonchev–Trinajstić information content (AvgIpc) is 2.44. The Morgan fingerprint density at radius 3 is 2.87 bits per heavy atom. The normalized spacial score (nSPS) is 19.4. The van der Waals surface area contributed by atoms with Crippen LogP contribution in [-0.4, -0.2) is 35.7 Å². The number of alkyl carbamates (subject to hydrolysis) is 1. The number of hydrogen-bond acceptors (Lipinski definition) is 3. The molecule has 1 amide bonds. The molecule has 1 fully saturated rings. The molecule has 1 atom stereocenters. The molecule has 128 valence electrons. The summed E-state index contributed by atoms with van der Waals surface area (Å²) in [6.07, 6.45) is 2.94. The molecule has 0 aromatic heterocycles. The Kier molecular flexibility index (Phi) is 5.99. The zero-order valence-electron chi connectivity index (χ0n) is 14.3. The quantitative estimate of drug-likeness (QED) is 0.919. The van der Waals surface area contributed by atoms with Crippen LogP contribution in [0.15, 0.2) is 24.3 Å². The summed E-state index contributed by atoms with van der Waals surface area (Å²) in [5.41, 5.74) is 0.479. The van der Waals surface area contributed by atoms with E-state index in [1.807, 2.05) is 26.8 Å². The number of likely N-dealkylation sites (tertiary alicyclic amines) is 1. The number of nitrogens with zero attached hydrogens (tertiary/aromatic N) is 1. The Hall–Kier alpha value is -1.62. The van der Waals surface area contributed by atoms with Gasteiger partial charge in [-0.1, -0.05) is 18.6 Å². The Labute approximate surface area is 138 Å². The van der Waals surface area contributed by atoms with E-state index >= 15 is 0 Å². The van der Waals surface area contributed by atoms with Crippen LogP contribution in [0, 0.1) is 5.82 Å². The van der Waals surface area contributed by atoms with E-state index in [1.165, 1.54) is 6.07 Å². The Bertz CT molecular complexity index is 528. The number of nitrogens with one attached hydrogen (secondary N) is 1. The van der Waals surface area contributed by atoms with Crippen LogP contribution in [0.2, 0.25) is 0 Å². The number of piperidine rings is 1. The zero-order valence-corrected chi connectivity index (χ0v) is 14.3. The summed E-state index contributed by atoms with van der Waals surface area (Å²) >= 11 is 0. The van der Waals surface area contributed by atoms with E-state index in [-0.39, 0.29) is 18.0 Å². The van der Waals surface area contributed by atoms with E-state index in [2.05, 4.69) is 10.2 Å². The first-order chi connectivity index (χ1) is 10.8. The van der Waals surface area contributed by atoms with E-state index in [0.717, 1.165) is 31.4 Å². The van der Waals surface area contributed by atoms with Crippen LogP contribution >= 0.6 is 0 Å². The number of hydrogen-bond donors (Lipinski definition) is 1. The van der Waals surface area contributed by atoms with Gasteiger partial charge in [-0.15, -0.1) is 0 Å². The predicted molar refractivity (Wildman–Crippen MR) is 88.7 cm³/mol. The van der Waals surface area contributed by atoms with Crippen molar-refractivity contribution >= 4 is 6.09 Å². The molecule has 1 heterocycles. The third-order valence-electron chi connectivity index (χ3n) is 3.90. The highest BCUT2D eigenvalue weighted by Crippen LogP contribution is 2.20. The second kappa shape index (κ2) is 7.77. The molecule has 1 aromatic carbocycles. The van der Waals surface area contributed by atoms with Crippen LogP contribution in [0.3, 0.4) is 0 Å². The highest BCUT2D eigenvalue weighted by Gasteiger charge is 2.24. The summed E-state index contributed by atoms with van der Waals surface area (Å²) in [6, 6.07) is 6.98. The van der Waals surface area contributed by atoms with Gasteiger partial charge in [0.05, 0.1) is 0 Å². The Morgan fingerprint density at radius 1 is 1.39 bits per heavy atom. The molecule has 0 saturated carbocycles. The fraction of sp³-hybridized carbons (Fsp3) is 0.611. The minimum absolute atomic E-state index is 0.206. The lowest BCUT2D eigenvalue weighted by Crippen LogP contribution is -2.47. The van der Waals surface area contributed by atoms with Crippen molar-refractivity contribution in [2.45, 2.75) is 58.2 Å². The molecule has 1 unspecified atom stereocenters. The molecule has 23 heavy (non-hydrogen) atoms. The maximum atomic E-state index is 13.3. The van der Waals surface area contributed by atoms with Crippen LogP contribution in [0.1, 0.15) is 45.6 Å². The molecule has 1 saturated heterocycles. The van der Waals surface area contributed by atoms with E-state index in [4.69, 9.17) is 4.74 Å². The van der Waals surface area contributed by atoms with Gasteiger partial charge in [-0.25, -0.2) is 9.18 Å². The minimum Gasteiger partial charge on any atom is -0.444 e. The molecule has 2 rings (SSSR count). The lowest BCUT2D eigenvalue weighted by molar-refractivity contribution is 0.0492. The first kappa shape index (κ1) is 17.7. The third-order valence-corrected chi connectivity index (χ3v) is 3.90. The van der Waals surface area contributed by atoms with Gasteiger partial charge in [0.1, 0.15) is 11.4 Å². The van der Waals surface area contributed by atoms with Gasteiger partial charge in [0, 0.05) is 19.1 Å². The molecule has 1 aliphatic heterocycles. The third kappa shape index (κ3) is 6.18. The maximum Gasteiger partial charge on any atom is 0.407 e. The lowest BCUT2D eigenvalue weighted by atomic mass is 10.0. The molecule has 0 aliphatic carbocycles. The molecule has 1 aliphatic rings. The number of carbonyl (C=O) groups is 1. The largest absolute Gasteiger partial charge is 0.444 e. The molecule has 1 N–H and O–H groups in total. The fourth-order valence-corrected chi connectivity index (χ4v) is 2.88. The van der Waals surface area contributed by atoms with Gasteiger partial charge in [-0.3, -0.25) is 4.90 Å². The molecule has 0 radical (unpaired) electrons. The Morgan fingerprint density at radius 2 is 2.17 bits per heavy atom. The van der Waals surface area contributed by atoms with Crippen LogP contribution in [-0.2, 0) is 11.3 Å². The van der Waals surface area contributed by atoms with Gasteiger partial charge < -0.3 is 10.1 Å². The van der Waals surface area contributed by atoms with Crippen molar-refractivity contribution in [2.75, 3.05) is 13.1 Å². The first-order valence-electron chi connectivity index (χ1n) is 8.29. The number of benzene rings is 1. The van der Waals surface area contributed by atoms with Gasteiger partial charge >= 0.3 is 6.09 Å². The second-order valence-corrected chi connectivity index (χ2v) is 7.13. The van der Waals surface area contributed by atoms with Crippen LogP contribution < -0.4 is 5.32 Å². The number of carbonyl (C=O) groups excluding carboxylic acids is 1. The van der Waals surface area contributed by atoms with Gasteiger partial charge in [-0.05, 0) is 57.9 Å². The van der Waals surface area contributed by atoms with E-state index in [9.17, 15) is 9.18 Å². The van der Waals surface area contributed by atoms with Gasteiger partial charge in [0.2, 0.25) is 0 Å². The summed E-state index contributed by atoms with van der Waals surface area (Å²) in [4.78, 5) is 14.1. The smallest absolute Gasteiger partial charge is 0.407 e. The van der Waals surface area contributed by atoms with Gasteiger partial charge in [0.15, 0.2) is 0 Å². The van der Waals surface area contributed by atoms with Crippen molar-refractivity contribution in [3.05, 3.63) is 35.6 Å². The lowest BCUT2D eigenvalue weighted by Gasteiger charge is -2.36. The highest BCUT2D eigenvalue weighted by molar-refractivity contribution is 5.67. The van der Waals surface area contributed by atoms with Crippen molar-refractivity contribution in [2.24, 2.45) is 0 Å². The average molecular weight is 322 g/mol. The van der Waals surface area contributed by atoms with Crippen LogP contribution in [0.5, 0.6) is 0 Å². The van der Waals surface area contributed by atoms with Crippen molar-refractivity contribution < 1.29 is 13.9 Å². The number of halogens is 1. The Balaban J connectivity index is 1.89. The molecule has 4 nitrogen and oxygen atoms in total. The van der Waals surface area contributed by atoms with Crippen molar-refractivity contribution in [1.82, 2.24) is 10.2 Å². The molecular formula is C18H27FN2O2. The van der Waals surface area contributed by atoms with E-state index in [0.29, 0.717) is 13.1 Å². The second-order valence-electron chi connectivity index (χ2n) is 7.13. The SMILES string of the molecule is CC(C)(C)OC(=O)NCC1CCCCN1Cc1cccc(F)c1. The van der Waals surface area contributed by atoms with E-state index < -0.39 is 5.60 Å². The summed E-state index contributed by atoms with van der Waals surface area (Å²) in [7, 11) is 0. The van der Waals surface area contributed by atoms with Gasteiger partial charge in [0.25, 0.3) is 0 Å². The standard InChI is InChI=1S/C18H27FN2O2/c1-18(2,3)23-17(22)20-12-16-9-4-5-10-21(16)13-14-7-6-8-15(19)11-14/h6-8,11,16H,4-5,9-10,12-13H2,1-3H3,(H,20,22). The number of rotatable bonds is 4. The fourth-order valence-electron chi connectivity index (χ4n) is 2.88. The molecular weight excluding hydrogens is 295 g/mol. The van der Waals surface area contributed by atoms with E-state index in [1.54, 1.807) is 12.1 Å². The minimum atomic E-state index is -0.488. The molecule has 5 heteroatoms. The number of ether oxygens (including phenoxy) is 1. The zero-order chi connectivity index (χ0) is 16.9. The predicted octanol–water partition coefficient (Wildman–Crippen LogP) is 3.70. The summed E-state index contributed by atoms with van der Waals surface area (Å²) in [5.74, 6) is -0.206. The summed E-state index contributed by atoms with van der Waals surface area (Å²) in [5, 5.41) is 2.86. The van der Waals surface area contributed by atoms with Crippen LogP contribution in [0.4, 0.5) is 9.18 Å². The molecule has 0 bridgehead atoms. The number of amides is 1. The van der Waals surface area contributed by atoms with Crippen LogP contribution in [0.25, 0.3) is 0 Å². The maximum absolute atomic E-state index is 13.3. The van der Waals surface area contributed by atoms with Crippen molar-refractivity contribution in [3.8, 4) is 0 Å². The highest BCUT2D eigenvalue weighted by atomic mass is 19.1.